The first kappa shape index (κ1) is 12.7. The van der Waals surface area contributed by atoms with Crippen LogP contribution in [0, 0.1) is 0 Å². The van der Waals surface area contributed by atoms with Crippen LogP contribution in [0.2, 0.25) is 0 Å². The van der Waals surface area contributed by atoms with E-state index in [1.807, 2.05) is 0 Å². The van der Waals surface area contributed by atoms with Crippen molar-refractivity contribution in [1.82, 2.24) is 0 Å². The van der Waals surface area contributed by atoms with Gasteiger partial charge in [-0.2, -0.15) is 8.78 Å². The molecule has 78 valence electrons. The van der Waals surface area contributed by atoms with E-state index in [2.05, 4.69) is 11.3 Å². The first-order valence-electron chi connectivity index (χ1n) is 3.36. The lowest BCUT2D eigenvalue weighted by Gasteiger charge is -2.15. The van der Waals surface area contributed by atoms with Gasteiger partial charge in [-0.25, -0.2) is 8.78 Å². The van der Waals surface area contributed by atoms with Gasteiger partial charge in [-0.3, -0.25) is 0 Å². The average molecular weight is 221 g/mol. The molecule has 0 rings (SSSR count). The molecule has 13 heavy (non-hydrogen) atoms. The van der Waals surface area contributed by atoms with Crippen molar-refractivity contribution in [3.63, 3.8) is 0 Å². The van der Waals surface area contributed by atoms with Crippen LogP contribution < -0.4 is 0 Å². The molecule has 0 heterocycles. The predicted molar refractivity (Wildman–Crippen MR) is 41.6 cm³/mol. The van der Waals surface area contributed by atoms with Crippen molar-refractivity contribution in [2.45, 2.75) is 12.3 Å². The van der Waals surface area contributed by atoms with Crippen LogP contribution in [0.3, 0.4) is 0 Å². The molecule has 0 aliphatic rings. The molecule has 0 unspecified atom stereocenters. The second kappa shape index (κ2) is 5.44. The molecule has 0 N–H and O–H groups in total. The summed E-state index contributed by atoms with van der Waals surface area (Å²) in [5.41, 5.74) is 0.367. The Morgan fingerprint density at radius 3 is 2.38 bits per heavy atom. The van der Waals surface area contributed by atoms with E-state index in [1.54, 1.807) is 0 Å². The Hall–Kier alpha value is -0.290. The van der Waals surface area contributed by atoms with E-state index in [-0.39, 0.29) is 12.5 Å². The third kappa shape index (κ3) is 5.10. The highest BCUT2D eigenvalue weighted by Crippen LogP contribution is 2.22. The molecule has 0 radical (unpaired) electrons. The summed E-state index contributed by atoms with van der Waals surface area (Å²) in [6.07, 6.45) is -3.71. The number of hydrogen-bond acceptors (Lipinski definition) is 1. The Bertz CT molecular complexity index is 172. The molecule has 0 aliphatic carbocycles. The van der Waals surface area contributed by atoms with Crippen molar-refractivity contribution < 1.29 is 22.3 Å². The third-order valence-electron chi connectivity index (χ3n) is 1.11. The number of rotatable bonds is 6. The van der Waals surface area contributed by atoms with Gasteiger partial charge in [-0.15, -0.1) is 11.6 Å². The second-order valence-electron chi connectivity index (χ2n) is 2.44. The van der Waals surface area contributed by atoms with E-state index >= 15 is 0 Å². The molecular weight excluding hydrogens is 212 g/mol. The molecular formula is C7H9ClF4O. The molecule has 6 heteroatoms. The minimum absolute atomic E-state index is 0.0558. The fraction of sp³-hybridized carbons (Fsp3) is 0.714. The molecule has 0 saturated carbocycles. The monoisotopic (exact) mass is 220 g/mol. The molecule has 1 nitrogen and oxygen atoms in total. The number of ether oxygens (including phenoxy) is 1. The van der Waals surface area contributed by atoms with Crippen LogP contribution in [0.1, 0.15) is 0 Å². The summed E-state index contributed by atoms with van der Waals surface area (Å²) in [5, 5.41) is 0. The van der Waals surface area contributed by atoms with Gasteiger partial charge in [0, 0.05) is 5.88 Å². The van der Waals surface area contributed by atoms with E-state index in [9.17, 15) is 17.6 Å². The molecule has 0 aromatic rings. The summed E-state index contributed by atoms with van der Waals surface area (Å²) in [7, 11) is 0. The van der Waals surface area contributed by atoms with Crippen LogP contribution in [0.15, 0.2) is 12.2 Å². The van der Waals surface area contributed by atoms with Crippen molar-refractivity contribution in [2.24, 2.45) is 0 Å². The maximum Gasteiger partial charge on any atom is 0.330 e. The van der Waals surface area contributed by atoms with Crippen LogP contribution in [0.4, 0.5) is 17.6 Å². The summed E-state index contributed by atoms with van der Waals surface area (Å²) >= 11 is 5.25. The van der Waals surface area contributed by atoms with E-state index in [4.69, 9.17) is 11.6 Å². The van der Waals surface area contributed by atoms with Crippen LogP contribution in [0.5, 0.6) is 0 Å². The zero-order valence-corrected chi connectivity index (χ0v) is 7.46. The van der Waals surface area contributed by atoms with E-state index < -0.39 is 19.0 Å². The Balaban J connectivity index is 3.70. The molecule has 0 atom stereocenters. The Morgan fingerprint density at radius 1 is 1.46 bits per heavy atom. The van der Waals surface area contributed by atoms with Crippen molar-refractivity contribution in [2.75, 3.05) is 19.1 Å². The van der Waals surface area contributed by atoms with E-state index in [0.717, 1.165) is 0 Å². The van der Waals surface area contributed by atoms with Gasteiger partial charge in [0.15, 0.2) is 0 Å². The third-order valence-corrected chi connectivity index (χ3v) is 1.49. The molecule has 0 fully saturated rings. The summed E-state index contributed by atoms with van der Waals surface area (Å²) in [4.78, 5) is 0. The lowest BCUT2D eigenvalue weighted by Crippen LogP contribution is -2.32. The standard InChI is InChI=1S/C7H9ClF4O/c1-5(2-8)3-13-4-7(11,12)6(9)10/h6H,1-4H2. The molecule has 0 aromatic heterocycles. The fourth-order valence-electron chi connectivity index (χ4n) is 0.433. The van der Waals surface area contributed by atoms with Crippen LogP contribution in [-0.4, -0.2) is 31.4 Å². The van der Waals surface area contributed by atoms with Gasteiger partial charge in [-0.05, 0) is 5.57 Å². The predicted octanol–water partition coefficient (Wildman–Crippen LogP) is 2.70. The van der Waals surface area contributed by atoms with Crippen molar-refractivity contribution >= 4 is 11.6 Å². The molecule has 0 amide bonds. The fourth-order valence-corrected chi connectivity index (χ4v) is 0.510. The van der Waals surface area contributed by atoms with Gasteiger partial charge in [0.25, 0.3) is 0 Å². The zero-order valence-electron chi connectivity index (χ0n) is 6.70. The Labute approximate surface area is 78.3 Å². The minimum atomic E-state index is -4.10. The van der Waals surface area contributed by atoms with Gasteiger partial charge >= 0.3 is 12.3 Å². The van der Waals surface area contributed by atoms with Crippen molar-refractivity contribution in [3.05, 3.63) is 12.2 Å². The molecule has 0 aromatic carbocycles. The van der Waals surface area contributed by atoms with Gasteiger partial charge in [0.1, 0.15) is 6.61 Å². The second-order valence-corrected chi connectivity index (χ2v) is 2.71. The van der Waals surface area contributed by atoms with Gasteiger partial charge in [0.05, 0.1) is 6.61 Å². The number of hydrogen-bond donors (Lipinski definition) is 0. The average Bonchev–Trinajstić information content (AvgIpc) is 2.03. The highest BCUT2D eigenvalue weighted by molar-refractivity contribution is 6.19. The number of halogens is 5. The smallest absolute Gasteiger partial charge is 0.330 e. The lowest BCUT2D eigenvalue weighted by molar-refractivity contribution is -0.163. The molecule has 0 bridgehead atoms. The van der Waals surface area contributed by atoms with E-state index in [0.29, 0.717) is 5.57 Å². The molecule has 0 spiro atoms. The highest BCUT2D eigenvalue weighted by atomic mass is 35.5. The summed E-state index contributed by atoms with van der Waals surface area (Å²) in [6, 6.07) is 0. The lowest BCUT2D eigenvalue weighted by atomic mass is 10.3. The first-order valence-corrected chi connectivity index (χ1v) is 3.90. The van der Waals surface area contributed by atoms with Crippen LogP contribution >= 0.6 is 11.6 Å². The summed E-state index contributed by atoms with van der Waals surface area (Å²) in [5.74, 6) is -4.05. The van der Waals surface area contributed by atoms with Crippen molar-refractivity contribution in [1.29, 1.82) is 0 Å². The van der Waals surface area contributed by atoms with Gasteiger partial charge < -0.3 is 4.74 Å². The number of alkyl halides is 5. The van der Waals surface area contributed by atoms with Crippen LogP contribution in [-0.2, 0) is 4.74 Å². The normalized spacial score (nSPS) is 12.2. The topological polar surface area (TPSA) is 9.23 Å². The molecule has 0 aliphatic heterocycles. The molecule has 0 saturated heterocycles. The zero-order chi connectivity index (χ0) is 10.5. The van der Waals surface area contributed by atoms with Gasteiger partial charge in [-0.1, -0.05) is 6.58 Å². The largest absolute Gasteiger partial charge is 0.371 e. The maximum absolute atomic E-state index is 12.2. The maximum atomic E-state index is 12.2. The minimum Gasteiger partial charge on any atom is -0.371 e. The highest BCUT2D eigenvalue weighted by Gasteiger charge is 2.40. The van der Waals surface area contributed by atoms with Crippen molar-refractivity contribution in [3.8, 4) is 0 Å². The Morgan fingerprint density at radius 2 is 2.00 bits per heavy atom. The Kier molecular flexibility index (Phi) is 5.32. The summed E-state index contributed by atoms with van der Waals surface area (Å²) < 4.78 is 51.7. The quantitative estimate of drug-likeness (QED) is 0.380. The SMILES string of the molecule is C=C(CCl)COCC(F)(F)C(F)F. The van der Waals surface area contributed by atoms with Crippen LogP contribution in [0.25, 0.3) is 0 Å². The summed E-state index contributed by atoms with van der Waals surface area (Å²) in [6.45, 7) is 1.80. The van der Waals surface area contributed by atoms with E-state index in [1.165, 1.54) is 0 Å². The first-order chi connectivity index (χ1) is 5.90. The van der Waals surface area contributed by atoms with Gasteiger partial charge in [0.2, 0.25) is 0 Å².